The predicted molar refractivity (Wildman–Crippen MR) is 67.5 cm³/mol. The first-order valence-electron chi connectivity index (χ1n) is 4.97. The summed E-state index contributed by atoms with van der Waals surface area (Å²) in [5.74, 6) is 0. The van der Waals surface area contributed by atoms with Crippen LogP contribution >= 0.6 is 0 Å². The van der Waals surface area contributed by atoms with E-state index in [1.165, 1.54) is 11.1 Å². The Bertz CT molecular complexity index is 378. The molecule has 0 aliphatic rings. The molecule has 0 radical (unpaired) electrons. The Kier molecular flexibility index (Phi) is 4.48. The van der Waals surface area contributed by atoms with Crippen molar-refractivity contribution in [3.05, 3.63) is 42.0 Å². The number of hydrogen-bond acceptors (Lipinski definition) is 2. The SMILES string of the molecule is C=Cc1ccccc1CC/C(C)=N\N=C. The van der Waals surface area contributed by atoms with Crippen LogP contribution in [0.1, 0.15) is 24.5 Å². The average Bonchev–Trinajstić information content (AvgIpc) is 2.27. The molecule has 0 saturated carbocycles. The van der Waals surface area contributed by atoms with E-state index < -0.39 is 0 Å². The van der Waals surface area contributed by atoms with E-state index in [4.69, 9.17) is 0 Å². The summed E-state index contributed by atoms with van der Waals surface area (Å²) in [7, 11) is 0. The normalized spacial score (nSPS) is 11.1. The first kappa shape index (κ1) is 11.4. The van der Waals surface area contributed by atoms with E-state index in [2.05, 4.69) is 35.6 Å². The molecule has 0 aliphatic heterocycles. The molecule has 0 bridgehead atoms. The Morgan fingerprint density at radius 1 is 1.40 bits per heavy atom. The molecule has 0 unspecified atom stereocenters. The second-order valence-electron chi connectivity index (χ2n) is 3.38. The highest BCUT2D eigenvalue weighted by molar-refractivity contribution is 5.82. The molecule has 0 saturated heterocycles. The van der Waals surface area contributed by atoms with E-state index >= 15 is 0 Å². The van der Waals surface area contributed by atoms with Crippen molar-refractivity contribution in [2.75, 3.05) is 0 Å². The molecule has 0 aliphatic carbocycles. The van der Waals surface area contributed by atoms with Gasteiger partial charge in [-0.15, -0.1) is 0 Å². The first-order chi connectivity index (χ1) is 7.27. The van der Waals surface area contributed by atoms with E-state index in [1.54, 1.807) is 0 Å². The molecule has 2 nitrogen and oxygen atoms in total. The van der Waals surface area contributed by atoms with Crippen LogP contribution in [0.4, 0.5) is 0 Å². The second-order valence-corrected chi connectivity index (χ2v) is 3.38. The van der Waals surface area contributed by atoms with Crippen LogP contribution in [0.25, 0.3) is 6.08 Å². The highest BCUT2D eigenvalue weighted by atomic mass is 15.2. The molecule has 0 heterocycles. The smallest absolute Gasteiger partial charge is 0.0378 e. The fourth-order valence-corrected chi connectivity index (χ4v) is 1.45. The van der Waals surface area contributed by atoms with Gasteiger partial charge in [-0.2, -0.15) is 10.2 Å². The third-order valence-corrected chi connectivity index (χ3v) is 2.27. The Hall–Kier alpha value is -1.70. The van der Waals surface area contributed by atoms with Gasteiger partial charge in [-0.05, 0) is 30.9 Å². The van der Waals surface area contributed by atoms with Crippen LogP contribution in [-0.2, 0) is 6.42 Å². The zero-order valence-corrected chi connectivity index (χ0v) is 9.11. The molecule has 0 aromatic heterocycles. The number of rotatable bonds is 5. The quantitative estimate of drug-likeness (QED) is 0.514. The lowest BCUT2D eigenvalue weighted by atomic mass is 10.0. The van der Waals surface area contributed by atoms with Crippen LogP contribution in [0.2, 0.25) is 0 Å². The summed E-state index contributed by atoms with van der Waals surface area (Å²) in [5, 5.41) is 7.41. The summed E-state index contributed by atoms with van der Waals surface area (Å²) in [6.07, 6.45) is 3.75. The van der Waals surface area contributed by atoms with Gasteiger partial charge < -0.3 is 0 Å². The average molecular weight is 200 g/mol. The molecule has 0 N–H and O–H groups in total. The van der Waals surface area contributed by atoms with Crippen LogP contribution in [0.3, 0.4) is 0 Å². The van der Waals surface area contributed by atoms with E-state index in [1.807, 2.05) is 25.1 Å². The molecule has 2 heteroatoms. The minimum Gasteiger partial charge on any atom is -0.167 e. The molecule has 1 rings (SSSR count). The molecule has 78 valence electrons. The molecule has 0 spiro atoms. The van der Waals surface area contributed by atoms with Crippen molar-refractivity contribution in [2.45, 2.75) is 19.8 Å². The van der Waals surface area contributed by atoms with Crippen molar-refractivity contribution < 1.29 is 0 Å². The zero-order chi connectivity index (χ0) is 11.1. The van der Waals surface area contributed by atoms with Crippen LogP contribution in [0.5, 0.6) is 0 Å². The van der Waals surface area contributed by atoms with E-state index in [0.29, 0.717) is 0 Å². The molecule has 1 aromatic rings. The van der Waals surface area contributed by atoms with Gasteiger partial charge >= 0.3 is 0 Å². The largest absolute Gasteiger partial charge is 0.167 e. The van der Waals surface area contributed by atoms with Crippen molar-refractivity contribution in [3.63, 3.8) is 0 Å². The first-order valence-corrected chi connectivity index (χ1v) is 4.97. The van der Waals surface area contributed by atoms with Crippen molar-refractivity contribution >= 4 is 18.5 Å². The van der Waals surface area contributed by atoms with Gasteiger partial charge in [-0.3, -0.25) is 0 Å². The standard InChI is InChI=1S/C13H16N2/c1-4-12-7-5-6-8-13(12)10-9-11(2)15-14-3/h4-8H,1,3,9-10H2,2H3/b15-11-. The summed E-state index contributed by atoms with van der Waals surface area (Å²) in [5.41, 5.74) is 3.49. The Morgan fingerprint density at radius 2 is 2.13 bits per heavy atom. The summed E-state index contributed by atoms with van der Waals surface area (Å²) < 4.78 is 0. The minimum atomic E-state index is 0.907. The van der Waals surface area contributed by atoms with Crippen LogP contribution in [0, 0.1) is 0 Å². The molecule has 0 amide bonds. The van der Waals surface area contributed by atoms with Crippen molar-refractivity contribution in [1.82, 2.24) is 0 Å². The van der Waals surface area contributed by atoms with Gasteiger partial charge in [-0.25, -0.2) is 0 Å². The maximum Gasteiger partial charge on any atom is 0.0378 e. The van der Waals surface area contributed by atoms with Gasteiger partial charge in [0.05, 0.1) is 0 Å². The molecular weight excluding hydrogens is 184 g/mol. The fraction of sp³-hybridized carbons (Fsp3) is 0.231. The summed E-state index contributed by atoms with van der Waals surface area (Å²) in [4.78, 5) is 0. The molecule has 15 heavy (non-hydrogen) atoms. The molecule has 0 fully saturated rings. The third-order valence-electron chi connectivity index (χ3n) is 2.27. The van der Waals surface area contributed by atoms with Crippen LogP contribution in [-0.4, -0.2) is 12.4 Å². The highest BCUT2D eigenvalue weighted by Crippen LogP contribution is 2.12. The monoisotopic (exact) mass is 200 g/mol. The van der Waals surface area contributed by atoms with Crippen molar-refractivity contribution in [3.8, 4) is 0 Å². The second kappa shape index (κ2) is 5.91. The summed E-state index contributed by atoms with van der Waals surface area (Å²) >= 11 is 0. The summed E-state index contributed by atoms with van der Waals surface area (Å²) in [6.45, 7) is 9.10. The Morgan fingerprint density at radius 3 is 2.80 bits per heavy atom. The minimum absolute atomic E-state index is 0.907. The lowest BCUT2D eigenvalue weighted by Crippen LogP contribution is -1.96. The predicted octanol–water partition coefficient (Wildman–Crippen LogP) is 3.34. The lowest BCUT2D eigenvalue weighted by molar-refractivity contribution is 1.01. The number of hydrogen-bond donors (Lipinski definition) is 0. The zero-order valence-electron chi connectivity index (χ0n) is 9.11. The van der Waals surface area contributed by atoms with Crippen molar-refractivity contribution in [2.24, 2.45) is 10.2 Å². The van der Waals surface area contributed by atoms with Gasteiger partial charge in [0.15, 0.2) is 0 Å². The summed E-state index contributed by atoms with van der Waals surface area (Å²) in [6, 6.07) is 8.25. The van der Waals surface area contributed by atoms with Gasteiger partial charge in [0, 0.05) is 12.4 Å². The van der Waals surface area contributed by atoms with Gasteiger partial charge in [0.1, 0.15) is 0 Å². The molecule has 1 aromatic carbocycles. The maximum absolute atomic E-state index is 3.90. The topological polar surface area (TPSA) is 24.7 Å². The van der Waals surface area contributed by atoms with E-state index in [-0.39, 0.29) is 0 Å². The van der Waals surface area contributed by atoms with E-state index in [9.17, 15) is 0 Å². The number of benzene rings is 1. The van der Waals surface area contributed by atoms with Crippen molar-refractivity contribution in [1.29, 1.82) is 0 Å². The Labute approximate surface area is 91.1 Å². The number of aryl methyl sites for hydroxylation is 1. The number of nitrogens with zero attached hydrogens (tertiary/aromatic N) is 2. The molecule has 0 atom stereocenters. The highest BCUT2D eigenvalue weighted by Gasteiger charge is 1.99. The Balaban J connectivity index is 2.68. The lowest BCUT2D eigenvalue weighted by Gasteiger charge is -2.04. The van der Waals surface area contributed by atoms with Gasteiger partial charge in [-0.1, -0.05) is 36.9 Å². The van der Waals surface area contributed by atoms with Gasteiger partial charge in [0.25, 0.3) is 0 Å². The maximum atomic E-state index is 3.90. The van der Waals surface area contributed by atoms with Crippen LogP contribution in [0.15, 0.2) is 41.0 Å². The third kappa shape index (κ3) is 3.50. The van der Waals surface area contributed by atoms with Gasteiger partial charge in [0.2, 0.25) is 0 Å². The van der Waals surface area contributed by atoms with Crippen LogP contribution < -0.4 is 0 Å². The molecular formula is C13H16N2. The fourth-order valence-electron chi connectivity index (χ4n) is 1.45. The van der Waals surface area contributed by atoms with E-state index in [0.717, 1.165) is 18.6 Å².